The Balaban J connectivity index is 0. The second-order valence-corrected chi connectivity index (χ2v) is 1.82. The number of hydrogen-bond donors (Lipinski definition) is 2. The number of rotatable bonds is 1. The normalized spacial score (nSPS) is 7.67. The van der Waals surface area contributed by atoms with Gasteiger partial charge in [0, 0.05) is 19.5 Å². The van der Waals surface area contributed by atoms with Gasteiger partial charge in [-0.1, -0.05) is 12.1 Å². The van der Waals surface area contributed by atoms with Crippen molar-refractivity contribution in [3.05, 3.63) is 36.0 Å². The van der Waals surface area contributed by atoms with Gasteiger partial charge in [0.1, 0.15) is 11.3 Å². The van der Waals surface area contributed by atoms with E-state index in [9.17, 15) is 4.79 Å². The smallest absolute Gasteiger partial charge is 0.339 e. The van der Waals surface area contributed by atoms with Crippen molar-refractivity contribution in [1.82, 2.24) is 0 Å². The standard InChI is InChI=1S/C7H6O3.H2N.Zn/c8-6-4-2-1-3-5(6)7(9)10;;/h1-4,8H,(H,9,10);1H2;/q;-1;. The summed E-state index contributed by atoms with van der Waals surface area (Å²) in [6.07, 6.45) is 0. The van der Waals surface area contributed by atoms with Gasteiger partial charge in [-0.05, 0) is 12.1 Å². The molecule has 0 amide bonds. The monoisotopic (exact) mass is 218 g/mol. The van der Waals surface area contributed by atoms with Crippen LogP contribution in [0.15, 0.2) is 24.3 Å². The summed E-state index contributed by atoms with van der Waals surface area (Å²) < 4.78 is 0. The Labute approximate surface area is 82.6 Å². The molecule has 0 aliphatic rings. The van der Waals surface area contributed by atoms with Crippen LogP contribution in [0, 0.1) is 0 Å². The SMILES string of the molecule is O=C(O)c1ccccc1O.[NH2-].[Zn]. The van der Waals surface area contributed by atoms with Crippen molar-refractivity contribution in [2.24, 2.45) is 0 Å². The Kier molecular flexibility index (Phi) is 6.47. The molecule has 1 aromatic carbocycles. The van der Waals surface area contributed by atoms with E-state index < -0.39 is 5.97 Å². The van der Waals surface area contributed by atoms with Crippen molar-refractivity contribution in [2.45, 2.75) is 0 Å². The van der Waals surface area contributed by atoms with Gasteiger partial charge in [-0.2, -0.15) is 0 Å². The summed E-state index contributed by atoms with van der Waals surface area (Å²) in [7, 11) is 0. The third kappa shape index (κ3) is 2.99. The first-order chi connectivity index (χ1) is 4.72. The number of carboxylic acids is 1. The molecular weight excluding hydrogens is 211 g/mol. The molecule has 0 aliphatic heterocycles. The van der Waals surface area contributed by atoms with Gasteiger partial charge < -0.3 is 16.4 Å². The number of para-hydroxylation sites is 1. The molecule has 0 unspecified atom stereocenters. The molecule has 0 saturated heterocycles. The summed E-state index contributed by atoms with van der Waals surface area (Å²) in [5, 5.41) is 17.3. The number of benzene rings is 1. The molecule has 4 nitrogen and oxygen atoms in total. The molecule has 0 bridgehead atoms. The fraction of sp³-hybridized carbons (Fsp3) is 0. The van der Waals surface area contributed by atoms with E-state index in [-0.39, 0.29) is 36.9 Å². The van der Waals surface area contributed by atoms with Gasteiger partial charge in [0.25, 0.3) is 0 Å². The van der Waals surface area contributed by atoms with Crippen molar-refractivity contribution in [1.29, 1.82) is 0 Å². The molecule has 0 heterocycles. The number of carboxylic acid groups (broad SMARTS) is 1. The molecule has 5 heteroatoms. The van der Waals surface area contributed by atoms with E-state index in [0.29, 0.717) is 0 Å². The number of hydrogen-bond acceptors (Lipinski definition) is 2. The molecule has 1 aromatic rings. The molecule has 4 N–H and O–H groups in total. The van der Waals surface area contributed by atoms with E-state index in [4.69, 9.17) is 10.2 Å². The van der Waals surface area contributed by atoms with Crippen LogP contribution in [0.3, 0.4) is 0 Å². The van der Waals surface area contributed by atoms with E-state index in [1.165, 1.54) is 12.1 Å². The molecule has 0 aromatic heterocycles. The first kappa shape index (κ1) is 13.6. The molecule has 1 rings (SSSR count). The van der Waals surface area contributed by atoms with Crippen LogP contribution in [0.2, 0.25) is 0 Å². The Morgan fingerprint density at radius 3 is 2.08 bits per heavy atom. The quantitative estimate of drug-likeness (QED) is 0.706. The Hall–Kier alpha value is -0.927. The molecule has 0 radical (unpaired) electrons. The molecule has 62 valence electrons. The van der Waals surface area contributed by atoms with Crippen molar-refractivity contribution in [2.75, 3.05) is 0 Å². The molecular formula is C7H8NO3Zn-. The minimum Gasteiger partial charge on any atom is -0.693 e. The Bertz CT molecular complexity index is 265. The summed E-state index contributed by atoms with van der Waals surface area (Å²) in [5.74, 6) is -1.31. The summed E-state index contributed by atoms with van der Waals surface area (Å²) in [6, 6.07) is 5.81. The number of aromatic hydroxyl groups is 1. The maximum absolute atomic E-state index is 10.3. The van der Waals surface area contributed by atoms with E-state index >= 15 is 0 Å². The number of aromatic carboxylic acids is 1. The van der Waals surface area contributed by atoms with E-state index in [1.54, 1.807) is 12.1 Å². The fourth-order valence-corrected chi connectivity index (χ4v) is 0.654. The molecule has 0 aliphatic carbocycles. The number of phenols is 1. The third-order valence-corrected chi connectivity index (χ3v) is 1.13. The van der Waals surface area contributed by atoms with E-state index in [0.717, 1.165) is 0 Å². The van der Waals surface area contributed by atoms with Crippen LogP contribution in [0.4, 0.5) is 0 Å². The van der Waals surface area contributed by atoms with Crippen LogP contribution in [0.25, 0.3) is 6.15 Å². The zero-order valence-electron chi connectivity index (χ0n) is 6.40. The van der Waals surface area contributed by atoms with Crippen LogP contribution in [0.1, 0.15) is 10.4 Å². The van der Waals surface area contributed by atoms with Crippen LogP contribution < -0.4 is 0 Å². The summed E-state index contributed by atoms with van der Waals surface area (Å²) in [6.45, 7) is 0. The zero-order valence-corrected chi connectivity index (χ0v) is 9.36. The van der Waals surface area contributed by atoms with Crippen LogP contribution >= 0.6 is 0 Å². The van der Waals surface area contributed by atoms with Crippen LogP contribution in [-0.4, -0.2) is 16.2 Å². The average molecular weight is 220 g/mol. The molecule has 0 saturated carbocycles. The van der Waals surface area contributed by atoms with E-state index in [2.05, 4.69) is 0 Å². The van der Waals surface area contributed by atoms with Gasteiger partial charge in [-0.3, -0.25) is 0 Å². The predicted molar refractivity (Wildman–Crippen MR) is 40.4 cm³/mol. The first-order valence-electron chi connectivity index (χ1n) is 2.73. The van der Waals surface area contributed by atoms with Crippen LogP contribution in [0.5, 0.6) is 5.75 Å². The fourth-order valence-electron chi connectivity index (χ4n) is 0.654. The van der Waals surface area contributed by atoms with Gasteiger partial charge in [0.15, 0.2) is 0 Å². The Morgan fingerprint density at radius 2 is 1.75 bits per heavy atom. The van der Waals surface area contributed by atoms with Crippen LogP contribution in [-0.2, 0) is 19.5 Å². The maximum Gasteiger partial charge on any atom is 0.339 e. The van der Waals surface area contributed by atoms with Crippen molar-refractivity contribution < 1.29 is 34.5 Å². The Morgan fingerprint density at radius 1 is 1.25 bits per heavy atom. The maximum atomic E-state index is 10.3. The van der Waals surface area contributed by atoms with Gasteiger partial charge >= 0.3 is 5.97 Å². The van der Waals surface area contributed by atoms with Crippen molar-refractivity contribution >= 4 is 5.97 Å². The largest absolute Gasteiger partial charge is 0.693 e. The minimum absolute atomic E-state index is 0. The topological polar surface area (TPSA) is 91.0 Å². The van der Waals surface area contributed by atoms with Gasteiger partial charge in [-0.15, -0.1) is 0 Å². The summed E-state index contributed by atoms with van der Waals surface area (Å²) in [5.41, 5.74) is -0.0671. The van der Waals surface area contributed by atoms with Gasteiger partial charge in [-0.25, -0.2) is 4.79 Å². The average Bonchev–Trinajstić information content (AvgIpc) is 1.88. The molecule has 0 fully saturated rings. The second-order valence-electron chi connectivity index (χ2n) is 1.82. The van der Waals surface area contributed by atoms with Gasteiger partial charge in [0.2, 0.25) is 0 Å². The molecule has 0 atom stereocenters. The first-order valence-corrected chi connectivity index (χ1v) is 2.73. The van der Waals surface area contributed by atoms with E-state index in [1.807, 2.05) is 0 Å². The van der Waals surface area contributed by atoms with Crippen molar-refractivity contribution in [3.8, 4) is 5.75 Å². The van der Waals surface area contributed by atoms with Crippen molar-refractivity contribution in [3.63, 3.8) is 0 Å². The number of nitrogens with two attached hydrogens (primary N) is 1. The minimum atomic E-state index is -1.11. The zero-order chi connectivity index (χ0) is 7.56. The predicted octanol–water partition coefficient (Wildman–Crippen LogP) is 1.80. The number of carbonyl (C=O) groups is 1. The molecule has 12 heavy (non-hydrogen) atoms. The third-order valence-electron chi connectivity index (χ3n) is 1.13. The molecule has 0 spiro atoms. The van der Waals surface area contributed by atoms with Gasteiger partial charge in [0.05, 0.1) is 0 Å². The summed E-state index contributed by atoms with van der Waals surface area (Å²) >= 11 is 0. The second kappa shape index (κ2) is 5.69. The summed E-state index contributed by atoms with van der Waals surface area (Å²) in [4.78, 5) is 10.3.